The quantitative estimate of drug-likeness (QED) is 0.588. The Bertz CT molecular complexity index is 853. The van der Waals surface area contributed by atoms with Gasteiger partial charge in [0, 0.05) is 17.1 Å². The Kier molecular flexibility index (Phi) is 7.09. The van der Waals surface area contributed by atoms with E-state index >= 15 is 0 Å². The van der Waals surface area contributed by atoms with E-state index in [0.29, 0.717) is 6.42 Å². The van der Waals surface area contributed by atoms with Crippen molar-refractivity contribution in [2.24, 2.45) is 11.0 Å². The van der Waals surface area contributed by atoms with Crippen molar-refractivity contribution in [3.63, 3.8) is 0 Å². The van der Waals surface area contributed by atoms with Crippen molar-refractivity contribution in [1.82, 2.24) is 15.7 Å². The van der Waals surface area contributed by atoms with Crippen LogP contribution in [0.3, 0.4) is 0 Å². The number of benzene rings is 1. The molecule has 2 rings (SSSR count). The highest BCUT2D eigenvalue weighted by atomic mass is 16.6. The molecule has 0 fully saturated rings. The van der Waals surface area contributed by atoms with E-state index in [9.17, 15) is 9.59 Å². The van der Waals surface area contributed by atoms with Crippen LogP contribution < -0.4 is 10.7 Å². The maximum absolute atomic E-state index is 12.6. The van der Waals surface area contributed by atoms with Gasteiger partial charge in [0.15, 0.2) is 0 Å². The second-order valence-electron chi connectivity index (χ2n) is 7.67. The Balaban J connectivity index is 2.08. The molecule has 28 heavy (non-hydrogen) atoms. The predicted molar refractivity (Wildman–Crippen MR) is 110 cm³/mol. The number of amides is 2. The number of rotatable bonds is 6. The van der Waals surface area contributed by atoms with Crippen LogP contribution in [-0.2, 0) is 9.53 Å². The minimum atomic E-state index is -0.748. The monoisotopic (exact) mass is 384 g/mol. The minimum absolute atomic E-state index is 0.0815. The van der Waals surface area contributed by atoms with Gasteiger partial charge in [-0.1, -0.05) is 44.5 Å². The van der Waals surface area contributed by atoms with Crippen LogP contribution in [0.4, 0.5) is 4.79 Å². The van der Waals surface area contributed by atoms with Crippen LogP contribution in [0.15, 0.2) is 41.6 Å². The highest BCUT2D eigenvalue weighted by Crippen LogP contribution is 2.14. The van der Waals surface area contributed by atoms with Crippen molar-refractivity contribution in [2.45, 2.75) is 52.7 Å². The van der Waals surface area contributed by atoms with Crippen molar-refractivity contribution >= 4 is 29.1 Å². The highest BCUT2D eigenvalue weighted by molar-refractivity contribution is 5.97. The molecule has 7 heteroatoms. The summed E-state index contributed by atoms with van der Waals surface area (Å²) < 4.78 is 5.26. The summed E-state index contributed by atoms with van der Waals surface area (Å²) >= 11 is 0. The molecule has 1 heterocycles. The van der Waals surface area contributed by atoms with Crippen LogP contribution >= 0.6 is 0 Å². The predicted octanol–water partition coefficient (Wildman–Crippen LogP) is 3.62. The molecule has 2 aromatic rings. The zero-order valence-electron chi connectivity index (χ0n) is 17.0. The van der Waals surface area contributed by atoms with E-state index in [4.69, 9.17) is 4.74 Å². The van der Waals surface area contributed by atoms with Crippen molar-refractivity contribution < 1.29 is 14.3 Å². The Morgan fingerprint density at radius 3 is 2.64 bits per heavy atom. The number of pyridine rings is 1. The van der Waals surface area contributed by atoms with Crippen LogP contribution in [0.5, 0.6) is 0 Å². The number of carbonyl (C=O) groups excluding carboxylic acids is 2. The number of ether oxygens (including phenoxy) is 1. The molecule has 0 unspecified atom stereocenters. The first kappa shape index (κ1) is 21.3. The highest BCUT2D eigenvalue weighted by Gasteiger charge is 2.28. The Hall–Kier alpha value is -2.96. The molecule has 1 aromatic carbocycles. The molecule has 0 saturated heterocycles. The minimum Gasteiger partial charge on any atom is -0.444 e. The van der Waals surface area contributed by atoms with E-state index in [2.05, 4.69) is 20.8 Å². The third-order valence-electron chi connectivity index (χ3n) is 4.21. The number of alkyl carbamates (subject to hydrolysis) is 1. The number of carbonyl (C=O) groups is 2. The summed E-state index contributed by atoms with van der Waals surface area (Å²) in [4.78, 5) is 29.0. The molecule has 0 aliphatic heterocycles. The van der Waals surface area contributed by atoms with E-state index in [0.717, 1.165) is 16.5 Å². The number of aromatic nitrogens is 1. The zero-order valence-corrected chi connectivity index (χ0v) is 17.0. The number of hydrogen-bond donors (Lipinski definition) is 2. The van der Waals surface area contributed by atoms with Gasteiger partial charge in [0.05, 0.1) is 11.7 Å². The molecule has 0 saturated carbocycles. The fraction of sp³-hybridized carbons (Fsp3) is 0.429. The van der Waals surface area contributed by atoms with Gasteiger partial charge in [-0.25, -0.2) is 10.2 Å². The molecular weight excluding hydrogens is 356 g/mol. The van der Waals surface area contributed by atoms with Crippen molar-refractivity contribution in [3.05, 3.63) is 42.1 Å². The average Bonchev–Trinajstić information content (AvgIpc) is 2.64. The molecule has 0 spiro atoms. The van der Waals surface area contributed by atoms with Gasteiger partial charge in [0.25, 0.3) is 5.91 Å². The molecule has 2 N–H and O–H groups in total. The van der Waals surface area contributed by atoms with Gasteiger partial charge in [0.2, 0.25) is 0 Å². The number of para-hydroxylation sites is 1. The molecule has 150 valence electrons. The summed E-state index contributed by atoms with van der Waals surface area (Å²) in [6.07, 6.45) is 3.34. The molecule has 2 amide bonds. The first-order chi connectivity index (χ1) is 13.2. The van der Waals surface area contributed by atoms with Gasteiger partial charge in [-0.2, -0.15) is 5.10 Å². The summed E-state index contributed by atoms with van der Waals surface area (Å²) in [5.41, 5.74) is 3.46. The van der Waals surface area contributed by atoms with Crippen LogP contribution in [0, 0.1) is 5.92 Å². The third kappa shape index (κ3) is 6.04. The van der Waals surface area contributed by atoms with Crippen LogP contribution in [-0.4, -0.2) is 34.8 Å². The Morgan fingerprint density at radius 2 is 1.96 bits per heavy atom. The van der Waals surface area contributed by atoms with E-state index in [-0.39, 0.29) is 5.92 Å². The largest absolute Gasteiger partial charge is 0.444 e. The number of nitrogens with one attached hydrogen (secondary N) is 2. The number of nitrogens with zero attached hydrogens (tertiary/aromatic N) is 2. The molecule has 0 aliphatic rings. The molecule has 7 nitrogen and oxygen atoms in total. The van der Waals surface area contributed by atoms with Crippen molar-refractivity contribution in [1.29, 1.82) is 0 Å². The molecule has 1 aromatic heterocycles. The Labute approximate surface area is 165 Å². The molecular formula is C21H28N4O3. The molecule has 2 atom stereocenters. The van der Waals surface area contributed by atoms with Gasteiger partial charge in [-0.3, -0.25) is 9.78 Å². The SMILES string of the molecule is CC[C@@H](C)[C@@H](NC(=O)OC(C)(C)C)C(=O)N/N=C\c1cccc2cccnc12. The lowest BCUT2D eigenvalue weighted by atomic mass is 9.99. The standard InChI is InChI=1S/C21H28N4O3/c1-6-14(2)17(24-20(27)28-21(3,4)5)19(26)25-23-13-16-10-7-9-15-11-8-12-22-18(15)16/h7-14,17H,6H2,1-5H3,(H,24,27)(H,25,26)/b23-13-/t14-,17-/m1/s1. The maximum atomic E-state index is 12.6. The van der Waals surface area contributed by atoms with Gasteiger partial charge in [-0.15, -0.1) is 0 Å². The maximum Gasteiger partial charge on any atom is 0.408 e. The van der Waals surface area contributed by atoms with E-state index in [1.54, 1.807) is 33.2 Å². The summed E-state index contributed by atoms with van der Waals surface area (Å²) in [6.45, 7) is 9.15. The van der Waals surface area contributed by atoms with Gasteiger partial charge in [0.1, 0.15) is 11.6 Å². The van der Waals surface area contributed by atoms with Crippen LogP contribution in [0.1, 0.15) is 46.6 Å². The summed E-state index contributed by atoms with van der Waals surface area (Å²) in [5.74, 6) is -0.480. The first-order valence-electron chi connectivity index (χ1n) is 9.37. The molecule has 0 aliphatic carbocycles. The smallest absolute Gasteiger partial charge is 0.408 e. The number of hydrazone groups is 1. The van der Waals surface area contributed by atoms with E-state index < -0.39 is 23.6 Å². The lowest BCUT2D eigenvalue weighted by molar-refractivity contribution is -0.124. The number of fused-ring (bicyclic) bond motifs is 1. The number of hydrogen-bond acceptors (Lipinski definition) is 5. The van der Waals surface area contributed by atoms with Crippen LogP contribution in [0.2, 0.25) is 0 Å². The molecule has 0 radical (unpaired) electrons. The fourth-order valence-electron chi connectivity index (χ4n) is 2.60. The summed E-state index contributed by atoms with van der Waals surface area (Å²) in [6, 6.07) is 8.81. The Morgan fingerprint density at radius 1 is 1.25 bits per heavy atom. The topological polar surface area (TPSA) is 92.7 Å². The average molecular weight is 384 g/mol. The zero-order chi connectivity index (χ0) is 20.7. The second-order valence-corrected chi connectivity index (χ2v) is 7.67. The van der Waals surface area contributed by atoms with E-state index in [1.165, 1.54) is 0 Å². The third-order valence-corrected chi connectivity index (χ3v) is 4.21. The summed E-state index contributed by atoms with van der Waals surface area (Å²) in [5, 5.41) is 7.69. The van der Waals surface area contributed by atoms with Gasteiger partial charge < -0.3 is 10.1 Å². The van der Waals surface area contributed by atoms with Gasteiger partial charge in [-0.05, 0) is 32.8 Å². The normalized spacial score (nSPS) is 13.9. The van der Waals surface area contributed by atoms with Crippen molar-refractivity contribution in [2.75, 3.05) is 0 Å². The van der Waals surface area contributed by atoms with E-state index in [1.807, 2.05) is 44.2 Å². The lowest BCUT2D eigenvalue weighted by Gasteiger charge is -2.25. The first-order valence-corrected chi connectivity index (χ1v) is 9.37. The fourth-order valence-corrected chi connectivity index (χ4v) is 2.60. The van der Waals surface area contributed by atoms with Crippen LogP contribution in [0.25, 0.3) is 10.9 Å². The summed E-state index contributed by atoms with van der Waals surface area (Å²) in [7, 11) is 0. The van der Waals surface area contributed by atoms with Crippen molar-refractivity contribution in [3.8, 4) is 0 Å². The molecule has 0 bridgehead atoms. The van der Waals surface area contributed by atoms with Gasteiger partial charge >= 0.3 is 6.09 Å². The second kappa shape index (κ2) is 9.30. The lowest BCUT2D eigenvalue weighted by Crippen LogP contribution is -2.50.